The average Bonchev–Trinajstić information content (AvgIpc) is 2.76. The van der Waals surface area contributed by atoms with Gasteiger partial charge in [-0.3, -0.25) is 9.59 Å². The van der Waals surface area contributed by atoms with Crippen LogP contribution in [0, 0.1) is 0 Å². The predicted octanol–water partition coefficient (Wildman–Crippen LogP) is 3.10. The Morgan fingerprint density at radius 2 is 1.57 bits per heavy atom. The van der Waals surface area contributed by atoms with Crippen molar-refractivity contribution in [1.82, 2.24) is 9.80 Å². The van der Waals surface area contributed by atoms with Crippen molar-refractivity contribution in [3.05, 3.63) is 65.7 Å². The van der Waals surface area contributed by atoms with Crippen LogP contribution in [0.1, 0.15) is 35.7 Å². The van der Waals surface area contributed by atoms with E-state index in [1.165, 1.54) is 0 Å². The Hall–Kier alpha value is -2.57. The maximum atomic E-state index is 12.7. The lowest BCUT2D eigenvalue weighted by Gasteiger charge is -2.35. The van der Waals surface area contributed by atoms with Crippen LogP contribution in [0.3, 0.4) is 0 Å². The summed E-state index contributed by atoms with van der Waals surface area (Å²) in [5, 5.41) is 0. The molecule has 30 heavy (non-hydrogen) atoms. The largest absolute Gasteiger partial charge is 0.489 e. The number of hydrogen-bond acceptors (Lipinski definition) is 4. The molecule has 1 aliphatic rings. The predicted molar refractivity (Wildman–Crippen MR) is 120 cm³/mol. The van der Waals surface area contributed by atoms with Gasteiger partial charge < -0.3 is 20.3 Å². The number of nitrogens with two attached hydrogens (primary N) is 1. The molecule has 0 bridgehead atoms. The summed E-state index contributed by atoms with van der Waals surface area (Å²) in [5.41, 5.74) is 7.45. The third kappa shape index (κ3) is 6.75. The zero-order chi connectivity index (χ0) is 20.6. The molecular formula is C23H30ClN3O3. The molecule has 1 fully saturated rings. The first-order chi connectivity index (χ1) is 14.0. The van der Waals surface area contributed by atoms with Crippen molar-refractivity contribution in [3.63, 3.8) is 0 Å². The van der Waals surface area contributed by atoms with Gasteiger partial charge in [0.25, 0.3) is 5.91 Å². The maximum Gasteiger partial charge on any atom is 0.253 e. The molecule has 2 aromatic carbocycles. The van der Waals surface area contributed by atoms with Gasteiger partial charge >= 0.3 is 0 Å². The van der Waals surface area contributed by atoms with Gasteiger partial charge in [-0.25, -0.2) is 0 Å². The number of amides is 2. The van der Waals surface area contributed by atoms with E-state index in [9.17, 15) is 9.59 Å². The van der Waals surface area contributed by atoms with Crippen molar-refractivity contribution >= 4 is 24.2 Å². The third-order valence-corrected chi connectivity index (χ3v) is 5.08. The molecule has 1 atom stereocenters. The monoisotopic (exact) mass is 431 g/mol. The van der Waals surface area contributed by atoms with Crippen LogP contribution in [0.5, 0.6) is 5.75 Å². The van der Waals surface area contributed by atoms with E-state index in [0.29, 0.717) is 51.2 Å². The van der Waals surface area contributed by atoms with Gasteiger partial charge in [0, 0.05) is 44.2 Å². The number of halogens is 1. The first-order valence-corrected chi connectivity index (χ1v) is 10.1. The number of benzene rings is 2. The molecule has 1 saturated heterocycles. The zero-order valence-electron chi connectivity index (χ0n) is 17.3. The first kappa shape index (κ1) is 23.7. The van der Waals surface area contributed by atoms with Gasteiger partial charge in [-0.15, -0.1) is 12.4 Å². The molecule has 0 spiro atoms. The minimum atomic E-state index is -0.0118. The summed E-state index contributed by atoms with van der Waals surface area (Å²) in [6.07, 6.45) is 1.16. The summed E-state index contributed by atoms with van der Waals surface area (Å²) < 4.78 is 5.77. The number of piperazine rings is 1. The molecule has 2 amide bonds. The highest BCUT2D eigenvalue weighted by Crippen LogP contribution is 2.16. The third-order valence-electron chi connectivity index (χ3n) is 5.08. The number of ether oxygens (including phenoxy) is 1. The Morgan fingerprint density at radius 3 is 2.17 bits per heavy atom. The molecule has 6 nitrogen and oxygen atoms in total. The van der Waals surface area contributed by atoms with Crippen LogP contribution in [0.2, 0.25) is 0 Å². The molecule has 162 valence electrons. The second kappa shape index (κ2) is 11.6. The summed E-state index contributed by atoms with van der Waals surface area (Å²) >= 11 is 0. The maximum absolute atomic E-state index is 12.7. The van der Waals surface area contributed by atoms with Crippen molar-refractivity contribution in [1.29, 1.82) is 0 Å². The highest BCUT2D eigenvalue weighted by Gasteiger charge is 2.24. The average molecular weight is 432 g/mol. The fourth-order valence-corrected chi connectivity index (χ4v) is 3.29. The highest BCUT2D eigenvalue weighted by molar-refractivity contribution is 5.94. The molecule has 1 unspecified atom stereocenters. The summed E-state index contributed by atoms with van der Waals surface area (Å²) in [7, 11) is 0. The minimum absolute atomic E-state index is 0. The van der Waals surface area contributed by atoms with Crippen molar-refractivity contribution < 1.29 is 14.3 Å². The van der Waals surface area contributed by atoms with Gasteiger partial charge in [-0.05, 0) is 43.2 Å². The van der Waals surface area contributed by atoms with Crippen LogP contribution in [-0.2, 0) is 11.4 Å². The lowest BCUT2D eigenvalue weighted by Crippen LogP contribution is -2.50. The quantitative estimate of drug-likeness (QED) is 0.730. The molecule has 1 aliphatic heterocycles. The minimum Gasteiger partial charge on any atom is -0.489 e. The van der Waals surface area contributed by atoms with Crippen LogP contribution < -0.4 is 10.5 Å². The van der Waals surface area contributed by atoms with Crippen LogP contribution in [-0.4, -0.2) is 53.8 Å². The van der Waals surface area contributed by atoms with E-state index in [2.05, 4.69) is 0 Å². The van der Waals surface area contributed by atoms with Crippen LogP contribution >= 0.6 is 12.4 Å². The van der Waals surface area contributed by atoms with Crippen molar-refractivity contribution in [2.45, 2.75) is 32.4 Å². The standard InChI is InChI=1S/C23H29N3O3.ClH/c1-18(24)7-12-22(27)25-13-15-26(16-14-25)23(28)20-8-10-21(11-9-20)29-17-19-5-3-2-4-6-19;/h2-6,8-11,18H,7,12-17,24H2,1H3;1H. The molecule has 2 N–H and O–H groups in total. The molecule has 2 aromatic rings. The molecule has 7 heteroatoms. The van der Waals surface area contributed by atoms with E-state index in [0.717, 1.165) is 11.3 Å². The van der Waals surface area contributed by atoms with Gasteiger partial charge in [0.1, 0.15) is 12.4 Å². The molecular weight excluding hydrogens is 402 g/mol. The number of hydrogen-bond donors (Lipinski definition) is 1. The van der Waals surface area contributed by atoms with Gasteiger partial charge in [0.2, 0.25) is 5.91 Å². The van der Waals surface area contributed by atoms with E-state index in [4.69, 9.17) is 10.5 Å². The van der Waals surface area contributed by atoms with Gasteiger partial charge in [-0.1, -0.05) is 30.3 Å². The zero-order valence-corrected chi connectivity index (χ0v) is 18.1. The Morgan fingerprint density at radius 1 is 0.967 bits per heavy atom. The molecule has 3 rings (SSSR count). The smallest absolute Gasteiger partial charge is 0.253 e. The van der Waals surface area contributed by atoms with Crippen molar-refractivity contribution in [2.24, 2.45) is 5.73 Å². The number of carbonyl (C=O) groups excluding carboxylic acids is 2. The number of nitrogens with zero attached hydrogens (tertiary/aromatic N) is 2. The fourth-order valence-electron chi connectivity index (χ4n) is 3.29. The summed E-state index contributed by atoms with van der Waals surface area (Å²) in [6, 6.07) is 17.2. The molecule has 0 radical (unpaired) electrons. The molecule has 0 aliphatic carbocycles. The lowest BCUT2D eigenvalue weighted by atomic mass is 10.1. The fraction of sp³-hybridized carbons (Fsp3) is 0.391. The lowest BCUT2D eigenvalue weighted by molar-refractivity contribution is -0.132. The number of carbonyl (C=O) groups is 2. The van der Waals surface area contributed by atoms with Gasteiger partial charge in [0.05, 0.1) is 0 Å². The van der Waals surface area contributed by atoms with E-state index in [1.54, 1.807) is 17.0 Å². The van der Waals surface area contributed by atoms with Crippen LogP contribution in [0.25, 0.3) is 0 Å². The summed E-state index contributed by atoms with van der Waals surface area (Å²) in [6.45, 7) is 4.64. The number of rotatable bonds is 7. The molecule has 0 aromatic heterocycles. The SMILES string of the molecule is CC(N)CCC(=O)N1CCN(C(=O)c2ccc(OCc3ccccc3)cc2)CC1.Cl. The Bertz CT molecular complexity index is 804. The van der Waals surface area contributed by atoms with Gasteiger partial charge in [-0.2, -0.15) is 0 Å². The van der Waals surface area contributed by atoms with E-state index < -0.39 is 0 Å². The summed E-state index contributed by atoms with van der Waals surface area (Å²) in [5.74, 6) is 0.839. The molecule has 1 heterocycles. The van der Waals surface area contributed by atoms with Crippen molar-refractivity contribution in [3.8, 4) is 5.75 Å². The Kier molecular flexibility index (Phi) is 9.15. The highest BCUT2D eigenvalue weighted by atomic mass is 35.5. The normalized spacial score (nSPS) is 14.6. The van der Waals surface area contributed by atoms with Crippen LogP contribution in [0.4, 0.5) is 0 Å². The van der Waals surface area contributed by atoms with Gasteiger partial charge in [0.15, 0.2) is 0 Å². The first-order valence-electron chi connectivity index (χ1n) is 10.1. The second-order valence-electron chi connectivity index (χ2n) is 7.49. The van der Waals surface area contributed by atoms with E-state index in [1.807, 2.05) is 54.3 Å². The Balaban J connectivity index is 0.00000320. The van der Waals surface area contributed by atoms with Crippen LogP contribution in [0.15, 0.2) is 54.6 Å². The summed E-state index contributed by atoms with van der Waals surface area (Å²) in [4.78, 5) is 28.6. The second-order valence-corrected chi connectivity index (χ2v) is 7.49. The molecule has 0 saturated carbocycles. The topological polar surface area (TPSA) is 75.9 Å². The van der Waals surface area contributed by atoms with E-state index >= 15 is 0 Å². The van der Waals surface area contributed by atoms with E-state index in [-0.39, 0.29) is 30.3 Å². The van der Waals surface area contributed by atoms with Crippen molar-refractivity contribution in [2.75, 3.05) is 26.2 Å². The Labute approximate surface area is 184 Å².